The molecule has 4 atom stereocenters. The number of phenolic OH excluding ortho intramolecular Hbond substituents is 6. The summed E-state index contributed by atoms with van der Waals surface area (Å²) in [6.07, 6.45) is -3.29. The van der Waals surface area contributed by atoms with E-state index < -0.39 is 41.5 Å². The fourth-order valence-electron chi connectivity index (χ4n) is 5.43. The van der Waals surface area contributed by atoms with Gasteiger partial charge in [0.25, 0.3) is 0 Å². The number of phenols is 6. The molecule has 0 spiro atoms. The first-order valence-corrected chi connectivity index (χ1v) is 12.4. The Morgan fingerprint density at radius 1 is 0.650 bits per heavy atom. The van der Waals surface area contributed by atoms with Gasteiger partial charge in [-0.25, -0.2) is 0 Å². The molecule has 7 N–H and O–H groups in total. The normalized spacial score (nSPS) is 21.6. The van der Waals surface area contributed by atoms with E-state index in [4.69, 9.17) is 9.47 Å². The summed E-state index contributed by atoms with van der Waals surface area (Å²) < 4.78 is 12.4. The van der Waals surface area contributed by atoms with Crippen molar-refractivity contribution in [2.45, 2.75) is 30.7 Å². The molecule has 10 nitrogen and oxygen atoms in total. The molecule has 10 heteroatoms. The van der Waals surface area contributed by atoms with Crippen molar-refractivity contribution in [2.75, 3.05) is 0 Å². The van der Waals surface area contributed by atoms with E-state index in [2.05, 4.69) is 0 Å². The van der Waals surface area contributed by atoms with E-state index >= 15 is 0 Å². The summed E-state index contributed by atoms with van der Waals surface area (Å²) in [4.78, 5) is 14.1. The molecule has 6 rings (SSSR count). The predicted molar refractivity (Wildman–Crippen MR) is 139 cm³/mol. The maximum Gasteiger partial charge on any atom is 0.182 e. The Morgan fingerprint density at radius 3 is 1.88 bits per heavy atom. The Labute approximate surface area is 227 Å². The van der Waals surface area contributed by atoms with Crippen LogP contribution in [-0.2, 0) is 6.42 Å². The zero-order valence-electron chi connectivity index (χ0n) is 20.7. The van der Waals surface area contributed by atoms with E-state index in [0.717, 1.165) is 12.1 Å². The largest absolute Gasteiger partial charge is 0.508 e. The molecule has 2 heterocycles. The first-order chi connectivity index (χ1) is 19.1. The number of hydrogen-bond acceptors (Lipinski definition) is 10. The zero-order chi connectivity index (χ0) is 28.3. The number of ketones is 1. The van der Waals surface area contributed by atoms with Crippen molar-refractivity contribution in [1.82, 2.24) is 0 Å². The molecule has 0 unspecified atom stereocenters. The third kappa shape index (κ3) is 4.05. The van der Waals surface area contributed by atoms with Gasteiger partial charge in [0.15, 0.2) is 5.78 Å². The standard InChI is InChI=1S/C30H24O10/c31-15-5-1-13(2-6-15)28-22(37)11-18-19(34)12-21(36)25(30(18)40-28)26-27(38)24-20(35)9-17(33)10-23(24)39-29(26)14-3-7-16(32)8-4-14/h1-10,12,22,26,28-29,31-37H,11H2/t22-,26+,28-,29-/m0/s1. The Hall–Kier alpha value is -5.09. The van der Waals surface area contributed by atoms with Crippen molar-refractivity contribution < 1.29 is 50.0 Å². The van der Waals surface area contributed by atoms with Crippen LogP contribution in [0.3, 0.4) is 0 Å². The van der Waals surface area contributed by atoms with Crippen molar-refractivity contribution in [3.05, 3.63) is 94.5 Å². The number of carbonyl (C=O) groups is 1. The molecule has 0 amide bonds. The number of benzene rings is 4. The van der Waals surface area contributed by atoms with Gasteiger partial charge in [0.2, 0.25) is 0 Å². The molecule has 0 saturated carbocycles. The summed E-state index contributed by atoms with van der Waals surface area (Å²) in [6, 6.07) is 15.1. The zero-order valence-corrected chi connectivity index (χ0v) is 20.7. The highest BCUT2D eigenvalue weighted by atomic mass is 16.5. The van der Waals surface area contributed by atoms with Gasteiger partial charge >= 0.3 is 0 Å². The van der Waals surface area contributed by atoms with Crippen LogP contribution < -0.4 is 9.47 Å². The van der Waals surface area contributed by atoms with Crippen LogP contribution in [0.25, 0.3) is 0 Å². The van der Waals surface area contributed by atoms with Crippen LogP contribution in [0.1, 0.15) is 50.7 Å². The lowest BCUT2D eigenvalue weighted by atomic mass is 9.78. The average molecular weight is 545 g/mol. The highest BCUT2D eigenvalue weighted by Crippen LogP contribution is 2.55. The van der Waals surface area contributed by atoms with Crippen LogP contribution in [0.4, 0.5) is 0 Å². The summed E-state index contributed by atoms with van der Waals surface area (Å²) in [5.74, 6) is -3.80. The van der Waals surface area contributed by atoms with Gasteiger partial charge in [0.05, 0.1) is 17.6 Å². The molecule has 0 aliphatic carbocycles. The molecule has 0 radical (unpaired) electrons. The first-order valence-electron chi connectivity index (χ1n) is 12.4. The predicted octanol–water partition coefficient (Wildman–Crippen LogP) is 4.06. The van der Waals surface area contributed by atoms with Crippen LogP contribution >= 0.6 is 0 Å². The molecule has 204 valence electrons. The van der Waals surface area contributed by atoms with Gasteiger partial charge in [-0.2, -0.15) is 0 Å². The van der Waals surface area contributed by atoms with Crippen molar-refractivity contribution in [3.63, 3.8) is 0 Å². The third-order valence-electron chi connectivity index (χ3n) is 7.29. The van der Waals surface area contributed by atoms with Gasteiger partial charge in [-0.1, -0.05) is 24.3 Å². The molecule has 0 aromatic heterocycles. The molecule has 0 fully saturated rings. The number of ether oxygens (including phenoxy) is 2. The number of fused-ring (bicyclic) bond motifs is 2. The van der Waals surface area contributed by atoms with Gasteiger partial charge in [-0.05, 0) is 35.4 Å². The first kappa shape index (κ1) is 25.2. The lowest BCUT2D eigenvalue weighted by Gasteiger charge is -2.37. The summed E-state index contributed by atoms with van der Waals surface area (Å²) in [5.41, 5.74) is 0.837. The second-order valence-electron chi connectivity index (χ2n) is 9.85. The third-order valence-corrected chi connectivity index (χ3v) is 7.29. The highest BCUT2D eigenvalue weighted by Gasteiger charge is 2.46. The molecule has 40 heavy (non-hydrogen) atoms. The minimum Gasteiger partial charge on any atom is -0.508 e. The number of carbonyl (C=O) groups excluding carboxylic acids is 1. The molecule has 2 aliphatic heterocycles. The monoisotopic (exact) mass is 544 g/mol. The van der Waals surface area contributed by atoms with Crippen molar-refractivity contribution >= 4 is 5.78 Å². The van der Waals surface area contributed by atoms with Crippen molar-refractivity contribution in [1.29, 1.82) is 0 Å². The quantitative estimate of drug-likeness (QED) is 0.199. The molecule has 4 aromatic carbocycles. The highest BCUT2D eigenvalue weighted by molar-refractivity contribution is 6.07. The lowest BCUT2D eigenvalue weighted by Crippen LogP contribution is -2.34. The molecule has 0 bridgehead atoms. The number of aliphatic hydroxyl groups is 1. The van der Waals surface area contributed by atoms with Gasteiger partial charge in [0.1, 0.15) is 63.8 Å². The summed E-state index contributed by atoms with van der Waals surface area (Å²) >= 11 is 0. The molecule has 2 aliphatic rings. The Bertz CT molecular complexity index is 1630. The fraction of sp³-hybridized carbons (Fsp3) is 0.167. The van der Waals surface area contributed by atoms with E-state index in [1.807, 2.05) is 0 Å². The van der Waals surface area contributed by atoms with Crippen LogP contribution in [-0.4, -0.2) is 47.6 Å². The van der Waals surface area contributed by atoms with Gasteiger partial charge in [-0.15, -0.1) is 0 Å². The van der Waals surface area contributed by atoms with Crippen molar-refractivity contribution in [3.8, 4) is 46.0 Å². The van der Waals surface area contributed by atoms with Crippen molar-refractivity contribution in [2.24, 2.45) is 0 Å². The minimum atomic E-state index is -1.32. The van der Waals surface area contributed by atoms with E-state index in [0.29, 0.717) is 11.1 Å². The number of hydrogen-bond donors (Lipinski definition) is 7. The number of rotatable bonds is 3. The Balaban J connectivity index is 1.56. The molecular formula is C30H24O10. The van der Waals surface area contributed by atoms with E-state index in [-0.39, 0.29) is 57.6 Å². The van der Waals surface area contributed by atoms with Crippen LogP contribution in [0, 0.1) is 0 Å². The van der Waals surface area contributed by atoms with E-state index in [1.54, 1.807) is 12.1 Å². The smallest absolute Gasteiger partial charge is 0.182 e. The SMILES string of the molecule is O=C1c2c(O)cc(O)cc2O[C@@H](c2ccc(O)cc2)[C@@H]1c1c(O)cc(O)c2c1O[C@@H](c1ccc(O)cc1)[C@@H](O)C2. The van der Waals surface area contributed by atoms with Gasteiger partial charge < -0.3 is 45.2 Å². The number of Topliss-reactive ketones (excluding diaryl/α,β-unsaturated/α-hetero) is 1. The van der Waals surface area contributed by atoms with E-state index in [9.17, 15) is 40.5 Å². The summed E-state index contributed by atoms with van der Waals surface area (Å²) in [6.45, 7) is 0. The van der Waals surface area contributed by atoms with E-state index in [1.165, 1.54) is 42.5 Å². The topological polar surface area (TPSA) is 177 Å². The summed E-state index contributed by atoms with van der Waals surface area (Å²) in [5, 5.41) is 72.9. The van der Waals surface area contributed by atoms with Crippen LogP contribution in [0.5, 0.6) is 46.0 Å². The maximum atomic E-state index is 14.1. The van der Waals surface area contributed by atoms with Gasteiger partial charge in [0, 0.05) is 30.2 Å². The number of aliphatic hydroxyl groups excluding tert-OH is 1. The van der Waals surface area contributed by atoms with Crippen LogP contribution in [0.15, 0.2) is 66.7 Å². The average Bonchev–Trinajstić information content (AvgIpc) is 2.90. The second kappa shape index (κ2) is 9.28. The lowest BCUT2D eigenvalue weighted by molar-refractivity contribution is 0.0179. The summed E-state index contributed by atoms with van der Waals surface area (Å²) in [7, 11) is 0. The maximum absolute atomic E-state index is 14.1. The second-order valence-corrected chi connectivity index (χ2v) is 9.85. The van der Waals surface area contributed by atoms with Crippen LogP contribution in [0.2, 0.25) is 0 Å². The fourth-order valence-corrected chi connectivity index (χ4v) is 5.43. The minimum absolute atomic E-state index is 0.0108. The molecule has 4 aromatic rings. The van der Waals surface area contributed by atoms with Gasteiger partial charge in [-0.3, -0.25) is 4.79 Å². The molecule has 0 saturated heterocycles. The molecular weight excluding hydrogens is 520 g/mol. The number of aromatic hydroxyl groups is 6. The Kier molecular flexibility index (Phi) is 5.85. The Morgan fingerprint density at radius 2 is 1.25 bits per heavy atom.